The Kier molecular flexibility index (Phi) is 5.81. The standard InChI is InChI=1S/C21H24N4O4/c1-12-18(9-10-20(26)27)14(3)25(23-12)17-7-5-16(6-8-17)21(28)22-11-19-13(2)24-29-15(19)4/h5-8H,9-11H2,1-4H3,(H,22,28)(H,26,27). The summed E-state index contributed by atoms with van der Waals surface area (Å²) in [6.07, 6.45) is 0.507. The van der Waals surface area contributed by atoms with Gasteiger partial charge in [-0.15, -0.1) is 0 Å². The van der Waals surface area contributed by atoms with Crippen molar-refractivity contribution >= 4 is 11.9 Å². The van der Waals surface area contributed by atoms with Gasteiger partial charge in [0, 0.05) is 29.8 Å². The Morgan fingerprint density at radius 2 is 1.76 bits per heavy atom. The lowest BCUT2D eigenvalue weighted by Gasteiger charge is -2.08. The summed E-state index contributed by atoms with van der Waals surface area (Å²) in [6.45, 7) is 7.80. The van der Waals surface area contributed by atoms with Crippen molar-refractivity contribution in [3.63, 3.8) is 0 Å². The number of carbonyl (C=O) groups excluding carboxylic acids is 1. The molecule has 2 heterocycles. The summed E-state index contributed by atoms with van der Waals surface area (Å²) in [4.78, 5) is 23.3. The third kappa shape index (κ3) is 4.37. The number of hydrogen-bond acceptors (Lipinski definition) is 5. The van der Waals surface area contributed by atoms with Gasteiger partial charge in [0.25, 0.3) is 5.91 Å². The topological polar surface area (TPSA) is 110 Å². The van der Waals surface area contributed by atoms with Crippen LogP contribution in [0.2, 0.25) is 0 Å². The van der Waals surface area contributed by atoms with Crippen molar-refractivity contribution in [3.05, 3.63) is 63.8 Å². The molecule has 3 rings (SSSR count). The Morgan fingerprint density at radius 3 is 2.34 bits per heavy atom. The molecule has 0 saturated heterocycles. The second-order valence-corrected chi connectivity index (χ2v) is 6.99. The molecular weight excluding hydrogens is 372 g/mol. The third-order valence-corrected chi connectivity index (χ3v) is 5.01. The van der Waals surface area contributed by atoms with Crippen molar-refractivity contribution in [2.45, 2.75) is 47.1 Å². The molecule has 0 aliphatic carbocycles. The van der Waals surface area contributed by atoms with E-state index in [9.17, 15) is 9.59 Å². The molecule has 152 valence electrons. The number of benzene rings is 1. The first-order valence-electron chi connectivity index (χ1n) is 9.35. The molecule has 8 heteroatoms. The van der Waals surface area contributed by atoms with Gasteiger partial charge in [-0.05, 0) is 63.9 Å². The number of aromatic nitrogens is 3. The summed E-state index contributed by atoms with van der Waals surface area (Å²) in [5, 5.41) is 20.2. The quantitative estimate of drug-likeness (QED) is 0.635. The van der Waals surface area contributed by atoms with Gasteiger partial charge in [-0.3, -0.25) is 9.59 Å². The molecular formula is C21H24N4O4. The summed E-state index contributed by atoms with van der Waals surface area (Å²) < 4.78 is 6.88. The second-order valence-electron chi connectivity index (χ2n) is 6.99. The van der Waals surface area contributed by atoms with E-state index >= 15 is 0 Å². The molecule has 2 N–H and O–H groups in total. The number of carboxylic acids is 1. The average Bonchev–Trinajstić information content (AvgIpc) is 3.16. The minimum absolute atomic E-state index is 0.0671. The molecule has 0 saturated carbocycles. The Bertz CT molecular complexity index is 1030. The molecule has 0 unspecified atom stereocenters. The van der Waals surface area contributed by atoms with Crippen LogP contribution in [0.4, 0.5) is 0 Å². The average molecular weight is 396 g/mol. The van der Waals surface area contributed by atoms with Gasteiger partial charge in [0.05, 0.1) is 17.1 Å². The van der Waals surface area contributed by atoms with Crippen molar-refractivity contribution in [1.82, 2.24) is 20.3 Å². The van der Waals surface area contributed by atoms with Gasteiger partial charge in [0.2, 0.25) is 0 Å². The maximum Gasteiger partial charge on any atom is 0.303 e. The number of amides is 1. The monoisotopic (exact) mass is 396 g/mol. The zero-order chi connectivity index (χ0) is 21.1. The van der Waals surface area contributed by atoms with Gasteiger partial charge in [-0.2, -0.15) is 5.10 Å². The van der Waals surface area contributed by atoms with Crippen LogP contribution in [0.25, 0.3) is 5.69 Å². The van der Waals surface area contributed by atoms with Crippen LogP contribution >= 0.6 is 0 Å². The molecule has 1 aromatic carbocycles. The Balaban J connectivity index is 1.72. The minimum Gasteiger partial charge on any atom is -0.481 e. The van der Waals surface area contributed by atoms with E-state index in [1.807, 2.05) is 39.8 Å². The highest BCUT2D eigenvalue weighted by Gasteiger charge is 2.15. The summed E-state index contributed by atoms with van der Waals surface area (Å²) in [6, 6.07) is 7.13. The fourth-order valence-corrected chi connectivity index (χ4v) is 3.30. The first kappa shape index (κ1) is 20.3. The lowest BCUT2D eigenvalue weighted by Crippen LogP contribution is -2.23. The highest BCUT2D eigenvalue weighted by Crippen LogP contribution is 2.20. The van der Waals surface area contributed by atoms with E-state index in [0.717, 1.165) is 33.9 Å². The summed E-state index contributed by atoms with van der Waals surface area (Å²) in [5.74, 6) is -0.322. The number of carboxylic acid groups (broad SMARTS) is 1. The summed E-state index contributed by atoms with van der Waals surface area (Å²) in [5.41, 5.74) is 5.65. The number of carbonyl (C=O) groups is 2. The van der Waals surface area contributed by atoms with E-state index in [1.54, 1.807) is 16.8 Å². The summed E-state index contributed by atoms with van der Waals surface area (Å²) >= 11 is 0. The van der Waals surface area contributed by atoms with Gasteiger partial charge in [-0.25, -0.2) is 4.68 Å². The van der Waals surface area contributed by atoms with Gasteiger partial charge < -0.3 is 14.9 Å². The Hall–Kier alpha value is -3.42. The molecule has 0 radical (unpaired) electrons. The number of nitrogens with zero attached hydrogens (tertiary/aromatic N) is 3. The molecule has 0 atom stereocenters. The van der Waals surface area contributed by atoms with Crippen molar-refractivity contribution in [2.24, 2.45) is 0 Å². The molecule has 8 nitrogen and oxygen atoms in total. The number of rotatable bonds is 7. The maximum absolute atomic E-state index is 12.4. The second kappa shape index (κ2) is 8.30. The van der Waals surface area contributed by atoms with Gasteiger partial charge in [0.1, 0.15) is 5.76 Å². The molecule has 0 fully saturated rings. The zero-order valence-electron chi connectivity index (χ0n) is 16.9. The molecule has 0 aliphatic heterocycles. The summed E-state index contributed by atoms with van der Waals surface area (Å²) in [7, 11) is 0. The van der Waals surface area contributed by atoms with Crippen LogP contribution in [0, 0.1) is 27.7 Å². The van der Waals surface area contributed by atoms with Crippen LogP contribution in [0.1, 0.15) is 50.7 Å². The third-order valence-electron chi connectivity index (χ3n) is 5.01. The molecule has 0 aliphatic rings. The largest absolute Gasteiger partial charge is 0.481 e. The number of hydrogen-bond donors (Lipinski definition) is 2. The van der Waals surface area contributed by atoms with Crippen LogP contribution in [-0.4, -0.2) is 31.9 Å². The van der Waals surface area contributed by atoms with Crippen molar-refractivity contribution in [2.75, 3.05) is 0 Å². The van der Waals surface area contributed by atoms with Crippen molar-refractivity contribution in [3.8, 4) is 5.69 Å². The molecule has 29 heavy (non-hydrogen) atoms. The zero-order valence-corrected chi connectivity index (χ0v) is 16.9. The lowest BCUT2D eigenvalue weighted by molar-refractivity contribution is -0.136. The number of aliphatic carboxylic acids is 1. The molecule has 0 spiro atoms. The van der Waals surface area contributed by atoms with Crippen LogP contribution in [0.15, 0.2) is 28.8 Å². The van der Waals surface area contributed by atoms with Crippen LogP contribution < -0.4 is 5.32 Å². The highest BCUT2D eigenvalue weighted by atomic mass is 16.5. The van der Waals surface area contributed by atoms with E-state index in [1.165, 1.54) is 0 Å². The van der Waals surface area contributed by atoms with Crippen molar-refractivity contribution < 1.29 is 19.2 Å². The van der Waals surface area contributed by atoms with Crippen LogP contribution in [-0.2, 0) is 17.8 Å². The number of aryl methyl sites for hydroxylation is 3. The van der Waals surface area contributed by atoms with Crippen LogP contribution in [0.3, 0.4) is 0 Å². The van der Waals surface area contributed by atoms with E-state index in [4.69, 9.17) is 9.63 Å². The van der Waals surface area contributed by atoms with Crippen molar-refractivity contribution in [1.29, 1.82) is 0 Å². The highest BCUT2D eigenvalue weighted by molar-refractivity contribution is 5.94. The van der Waals surface area contributed by atoms with E-state index in [2.05, 4.69) is 15.6 Å². The maximum atomic E-state index is 12.4. The fraction of sp³-hybridized carbons (Fsp3) is 0.333. The van der Waals surface area contributed by atoms with E-state index < -0.39 is 5.97 Å². The predicted octanol–water partition coefficient (Wildman–Crippen LogP) is 3.04. The first-order chi connectivity index (χ1) is 13.8. The number of nitrogens with one attached hydrogen (secondary N) is 1. The Morgan fingerprint density at radius 1 is 1.07 bits per heavy atom. The SMILES string of the molecule is Cc1noc(C)c1CNC(=O)c1ccc(-n2nc(C)c(CCC(=O)O)c2C)cc1. The molecule has 0 bridgehead atoms. The minimum atomic E-state index is -0.830. The van der Waals surface area contributed by atoms with Gasteiger partial charge in [-0.1, -0.05) is 5.16 Å². The Labute approximate surface area is 168 Å². The predicted molar refractivity (Wildman–Crippen MR) is 106 cm³/mol. The lowest BCUT2D eigenvalue weighted by atomic mass is 10.1. The molecule has 1 amide bonds. The molecule has 3 aromatic rings. The van der Waals surface area contributed by atoms with Gasteiger partial charge >= 0.3 is 5.97 Å². The van der Waals surface area contributed by atoms with Gasteiger partial charge in [0.15, 0.2) is 0 Å². The van der Waals surface area contributed by atoms with E-state index in [-0.39, 0.29) is 12.3 Å². The smallest absolute Gasteiger partial charge is 0.303 e. The normalized spacial score (nSPS) is 10.9. The molecule has 2 aromatic heterocycles. The first-order valence-corrected chi connectivity index (χ1v) is 9.35. The van der Waals surface area contributed by atoms with Crippen LogP contribution in [0.5, 0.6) is 0 Å². The van der Waals surface area contributed by atoms with E-state index in [0.29, 0.717) is 24.3 Å². The fourth-order valence-electron chi connectivity index (χ4n) is 3.30.